The van der Waals surface area contributed by atoms with Crippen LogP contribution in [0.25, 0.3) is 0 Å². The van der Waals surface area contributed by atoms with Crippen molar-refractivity contribution >= 4 is 27.3 Å². The quantitative estimate of drug-likeness (QED) is 0.816. The van der Waals surface area contributed by atoms with Crippen molar-refractivity contribution in [1.82, 2.24) is 5.32 Å². The molecule has 7 nitrogen and oxygen atoms in total. The Morgan fingerprint density at radius 3 is 2.68 bits per heavy atom. The molecule has 0 aliphatic carbocycles. The van der Waals surface area contributed by atoms with Gasteiger partial charge in [-0.15, -0.1) is 0 Å². The molecule has 2 N–H and O–H groups in total. The molecule has 2 aliphatic heterocycles. The molecule has 1 unspecified atom stereocenters. The van der Waals surface area contributed by atoms with Crippen LogP contribution in [0, 0.1) is 11.8 Å². The highest BCUT2D eigenvalue weighted by Crippen LogP contribution is 2.27. The zero-order valence-corrected chi connectivity index (χ0v) is 14.7. The summed E-state index contributed by atoms with van der Waals surface area (Å²) >= 11 is 0. The highest BCUT2D eigenvalue weighted by atomic mass is 32.2. The number of rotatable bonds is 4. The summed E-state index contributed by atoms with van der Waals surface area (Å²) in [5, 5.41) is 12.4. The minimum absolute atomic E-state index is 0.0745. The van der Waals surface area contributed by atoms with E-state index >= 15 is 0 Å². The number of aromatic hydroxyl groups is 1. The maximum Gasteiger partial charge on any atom is 0.227 e. The Bertz CT molecular complexity index is 763. The Labute approximate surface area is 146 Å². The number of phenolic OH excluding ortho intramolecular Hbond substituents is 1. The third-order valence-corrected chi connectivity index (χ3v) is 6.59. The van der Waals surface area contributed by atoms with E-state index in [9.17, 15) is 23.1 Å². The molecule has 8 heteroatoms. The molecule has 2 saturated heterocycles. The van der Waals surface area contributed by atoms with Crippen LogP contribution in [0.3, 0.4) is 0 Å². The lowest BCUT2D eigenvalue weighted by Gasteiger charge is -2.23. The molecule has 0 bridgehead atoms. The molecule has 0 spiro atoms. The lowest BCUT2D eigenvalue weighted by molar-refractivity contribution is -0.126. The monoisotopic (exact) mass is 366 g/mol. The van der Waals surface area contributed by atoms with Crippen molar-refractivity contribution in [2.24, 2.45) is 11.8 Å². The number of carbonyl (C=O) groups excluding carboxylic acids is 2. The average Bonchev–Trinajstić information content (AvgIpc) is 2.95. The first-order valence-electron chi connectivity index (χ1n) is 8.41. The molecule has 2 heterocycles. The van der Waals surface area contributed by atoms with Crippen LogP contribution in [0.4, 0.5) is 5.69 Å². The number of hydrogen-bond acceptors (Lipinski definition) is 5. The van der Waals surface area contributed by atoms with E-state index in [1.54, 1.807) is 12.1 Å². The Morgan fingerprint density at radius 2 is 2.00 bits per heavy atom. The molecular formula is C17H22N2O5S. The number of nitrogens with one attached hydrogen (secondary N) is 1. The van der Waals surface area contributed by atoms with Crippen molar-refractivity contribution in [3.8, 4) is 5.75 Å². The van der Waals surface area contributed by atoms with E-state index in [0.29, 0.717) is 25.1 Å². The molecule has 1 aromatic carbocycles. The van der Waals surface area contributed by atoms with Crippen molar-refractivity contribution in [2.75, 3.05) is 29.5 Å². The van der Waals surface area contributed by atoms with Gasteiger partial charge in [-0.25, -0.2) is 8.42 Å². The van der Waals surface area contributed by atoms with E-state index in [-0.39, 0.29) is 48.0 Å². The fourth-order valence-electron chi connectivity index (χ4n) is 3.33. The molecule has 1 atom stereocenters. The van der Waals surface area contributed by atoms with Crippen molar-refractivity contribution < 1.29 is 23.1 Å². The lowest BCUT2D eigenvalue weighted by atomic mass is 10.0. The van der Waals surface area contributed by atoms with Crippen LogP contribution in [0.15, 0.2) is 24.3 Å². The summed E-state index contributed by atoms with van der Waals surface area (Å²) in [6.45, 7) is 0.734. The summed E-state index contributed by atoms with van der Waals surface area (Å²) in [7, 11) is -2.90. The summed E-state index contributed by atoms with van der Waals surface area (Å²) in [4.78, 5) is 26.0. The van der Waals surface area contributed by atoms with Crippen LogP contribution < -0.4 is 10.2 Å². The summed E-state index contributed by atoms with van der Waals surface area (Å²) in [5.41, 5.74) is 0.581. The SMILES string of the molecule is O=C(NCC1CCS(=O)(=O)CC1)C1CC(=O)N(c2cccc(O)c2)C1. The van der Waals surface area contributed by atoms with E-state index in [0.717, 1.165) is 0 Å². The number of anilines is 1. The van der Waals surface area contributed by atoms with Gasteiger partial charge in [-0.05, 0) is 30.9 Å². The highest BCUT2D eigenvalue weighted by molar-refractivity contribution is 7.91. The molecule has 25 heavy (non-hydrogen) atoms. The first-order chi connectivity index (χ1) is 11.8. The van der Waals surface area contributed by atoms with Crippen molar-refractivity contribution in [1.29, 1.82) is 0 Å². The van der Waals surface area contributed by atoms with E-state index in [1.807, 2.05) is 0 Å². The molecule has 136 valence electrons. The van der Waals surface area contributed by atoms with Gasteiger partial charge in [-0.3, -0.25) is 9.59 Å². The second-order valence-electron chi connectivity index (χ2n) is 6.77. The molecule has 1 aromatic rings. The van der Waals surface area contributed by atoms with Gasteiger partial charge in [0.05, 0.1) is 17.4 Å². The number of hydrogen-bond donors (Lipinski definition) is 2. The van der Waals surface area contributed by atoms with Gasteiger partial charge < -0.3 is 15.3 Å². The van der Waals surface area contributed by atoms with Crippen LogP contribution in [0.5, 0.6) is 5.75 Å². The predicted octanol–water partition coefficient (Wildman–Crippen LogP) is 0.686. The first kappa shape index (κ1) is 17.7. The van der Waals surface area contributed by atoms with E-state index in [1.165, 1.54) is 17.0 Å². The average molecular weight is 366 g/mol. The zero-order valence-electron chi connectivity index (χ0n) is 13.8. The number of carbonyl (C=O) groups is 2. The number of benzene rings is 1. The third kappa shape index (κ3) is 4.31. The van der Waals surface area contributed by atoms with E-state index in [4.69, 9.17) is 0 Å². The van der Waals surface area contributed by atoms with Crippen LogP contribution in [-0.4, -0.2) is 49.9 Å². The summed E-state index contributed by atoms with van der Waals surface area (Å²) in [5.74, 6) is -0.139. The largest absolute Gasteiger partial charge is 0.508 e. The smallest absolute Gasteiger partial charge is 0.227 e. The number of sulfone groups is 1. The van der Waals surface area contributed by atoms with E-state index in [2.05, 4.69) is 5.32 Å². The van der Waals surface area contributed by atoms with Crippen molar-refractivity contribution in [3.05, 3.63) is 24.3 Å². The highest BCUT2D eigenvalue weighted by Gasteiger charge is 2.35. The summed E-state index contributed by atoms with van der Waals surface area (Å²) < 4.78 is 22.9. The van der Waals surface area contributed by atoms with Crippen LogP contribution in [-0.2, 0) is 19.4 Å². The standard InChI is InChI=1S/C17H22N2O5S/c20-15-3-1-2-14(9-15)19-11-13(8-16(19)21)17(22)18-10-12-4-6-25(23,24)7-5-12/h1-3,9,12-13,20H,4-8,10-11H2,(H,18,22). The second kappa shape index (κ2) is 7.03. The summed E-state index contributed by atoms with van der Waals surface area (Å²) in [6, 6.07) is 6.40. The molecule has 2 fully saturated rings. The van der Waals surface area contributed by atoms with Gasteiger partial charge in [-0.2, -0.15) is 0 Å². The molecule has 0 saturated carbocycles. The zero-order chi connectivity index (χ0) is 18.0. The molecule has 2 amide bonds. The molecule has 0 radical (unpaired) electrons. The van der Waals surface area contributed by atoms with Gasteiger partial charge in [0.1, 0.15) is 15.6 Å². The molecule has 3 rings (SSSR count). The number of nitrogens with zero attached hydrogens (tertiary/aromatic N) is 1. The Hall–Kier alpha value is -2.09. The van der Waals surface area contributed by atoms with Crippen molar-refractivity contribution in [2.45, 2.75) is 19.3 Å². The minimum atomic E-state index is -2.90. The molecular weight excluding hydrogens is 344 g/mol. The van der Waals surface area contributed by atoms with Crippen LogP contribution in [0.1, 0.15) is 19.3 Å². The van der Waals surface area contributed by atoms with Gasteiger partial charge in [0, 0.05) is 31.3 Å². The van der Waals surface area contributed by atoms with Crippen LogP contribution in [0.2, 0.25) is 0 Å². The van der Waals surface area contributed by atoms with Crippen molar-refractivity contribution in [3.63, 3.8) is 0 Å². The third-order valence-electron chi connectivity index (χ3n) is 4.88. The van der Waals surface area contributed by atoms with Gasteiger partial charge in [0.2, 0.25) is 11.8 Å². The van der Waals surface area contributed by atoms with Gasteiger partial charge >= 0.3 is 0 Å². The maximum absolute atomic E-state index is 12.3. The second-order valence-corrected chi connectivity index (χ2v) is 9.07. The fraction of sp³-hybridized carbons (Fsp3) is 0.529. The van der Waals surface area contributed by atoms with Gasteiger partial charge in [0.15, 0.2) is 0 Å². The Balaban J connectivity index is 1.53. The van der Waals surface area contributed by atoms with E-state index < -0.39 is 15.8 Å². The molecule has 0 aromatic heterocycles. The topological polar surface area (TPSA) is 104 Å². The first-order valence-corrected chi connectivity index (χ1v) is 10.2. The number of phenols is 1. The Kier molecular flexibility index (Phi) is 4.99. The fourth-order valence-corrected chi connectivity index (χ4v) is 4.91. The normalized spacial score (nSPS) is 23.6. The van der Waals surface area contributed by atoms with Gasteiger partial charge in [0.25, 0.3) is 0 Å². The minimum Gasteiger partial charge on any atom is -0.508 e. The number of amides is 2. The Morgan fingerprint density at radius 1 is 1.28 bits per heavy atom. The predicted molar refractivity (Wildman–Crippen MR) is 93.0 cm³/mol. The van der Waals surface area contributed by atoms with Crippen LogP contribution >= 0.6 is 0 Å². The summed E-state index contributed by atoms with van der Waals surface area (Å²) in [6.07, 6.45) is 1.28. The molecule has 2 aliphatic rings. The maximum atomic E-state index is 12.3. The van der Waals surface area contributed by atoms with Gasteiger partial charge in [-0.1, -0.05) is 6.07 Å². The lowest BCUT2D eigenvalue weighted by Crippen LogP contribution is -2.38.